The zero-order valence-electron chi connectivity index (χ0n) is 14.9. The van der Waals surface area contributed by atoms with Gasteiger partial charge in [0, 0.05) is 23.5 Å². The molecule has 0 aromatic heterocycles. The molecule has 1 aliphatic rings. The van der Waals surface area contributed by atoms with Crippen molar-refractivity contribution >= 4 is 23.5 Å². The lowest BCUT2D eigenvalue weighted by Crippen LogP contribution is -2.16. The van der Waals surface area contributed by atoms with Crippen LogP contribution in [0.4, 0.5) is 0 Å². The molecule has 0 radical (unpaired) electrons. The molecule has 1 aliphatic carbocycles. The first-order valence-electron chi connectivity index (χ1n) is 8.93. The van der Waals surface area contributed by atoms with E-state index in [1.807, 2.05) is 66.5 Å². The molecule has 130 valence electrons. The average Bonchev–Trinajstić information content (AvgIpc) is 3.08. The van der Waals surface area contributed by atoms with Crippen LogP contribution in [0.25, 0.3) is 0 Å². The Kier molecular flexibility index (Phi) is 5.39. The van der Waals surface area contributed by atoms with Gasteiger partial charge in [0.1, 0.15) is 5.78 Å². The molecule has 3 heteroatoms. The Labute approximate surface area is 150 Å². The van der Waals surface area contributed by atoms with Gasteiger partial charge in [0.15, 0.2) is 7.14 Å². The molecule has 2 aromatic rings. The number of allylic oxidation sites excluding steroid dienone is 1. The topological polar surface area (TPSA) is 34.1 Å². The van der Waals surface area contributed by atoms with Gasteiger partial charge < -0.3 is 4.57 Å². The van der Waals surface area contributed by atoms with Crippen LogP contribution >= 0.6 is 7.14 Å². The van der Waals surface area contributed by atoms with E-state index in [-0.39, 0.29) is 5.92 Å². The summed E-state index contributed by atoms with van der Waals surface area (Å²) in [7, 11) is -2.84. The van der Waals surface area contributed by atoms with Gasteiger partial charge in [-0.15, -0.1) is 0 Å². The molecule has 1 fully saturated rings. The summed E-state index contributed by atoms with van der Waals surface area (Å²) in [6, 6.07) is 19.4. The monoisotopic (exact) mass is 352 g/mol. The summed E-state index contributed by atoms with van der Waals surface area (Å²) in [6.07, 6.45) is 2.30. The smallest absolute Gasteiger partial charge is 0.164 e. The maximum absolute atomic E-state index is 14.1. The Hall–Kier alpha value is -1.92. The summed E-state index contributed by atoms with van der Waals surface area (Å²) >= 11 is 0. The Bertz CT molecular complexity index is 765. The third-order valence-corrected chi connectivity index (χ3v) is 8.28. The normalized spacial score (nSPS) is 19.8. The molecule has 0 heterocycles. The second-order valence-electron chi connectivity index (χ2n) is 7.03. The van der Waals surface area contributed by atoms with Gasteiger partial charge in [-0.1, -0.05) is 73.2 Å². The van der Waals surface area contributed by atoms with E-state index in [4.69, 9.17) is 0 Å². The maximum atomic E-state index is 14.1. The van der Waals surface area contributed by atoms with Crippen molar-refractivity contribution in [3.05, 3.63) is 72.1 Å². The van der Waals surface area contributed by atoms with E-state index >= 15 is 0 Å². The lowest BCUT2D eigenvalue weighted by Gasteiger charge is -2.22. The molecule has 3 rings (SSSR count). The minimum Gasteiger partial charge on any atom is -0.309 e. The first kappa shape index (κ1) is 17.9. The average molecular weight is 352 g/mol. The minimum absolute atomic E-state index is 0.271. The molecule has 25 heavy (non-hydrogen) atoms. The van der Waals surface area contributed by atoms with E-state index < -0.39 is 7.14 Å². The SMILES string of the molecule is C/C(=C\P(=O)(c1ccccc1)c1ccccc1)[C@H](C)[C@H]1CCC(=O)C1. The Morgan fingerprint density at radius 3 is 2.00 bits per heavy atom. The summed E-state index contributed by atoms with van der Waals surface area (Å²) in [5, 5.41) is 1.71. The van der Waals surface area contributed by atoms with Crippen LogP contribution in [-0.4, -0.2) is 5.78 Å². The van der Waals surface area contributed by atoms with Crippen LogP contribution in [-0.2, 0) is 9.36 Å². The summed E-state index contributed by atoms with van der Waals surface area (Å²) in [5.41, 5.74) is 1.12. The third kappa shape index (κ3) is 3.85. The number of ketones is 1. The largest absolute Gasteiger partial charge is 0.309 e. The van der Waals surface area contributed by atoms with Gasteiger partial charge in [0.05, 0.1) is 0 Å². The highest BCUT2D eigenvalue weighted by atomic mass is 31.2. The Balaban J connectivity index is 2.01. The van der Waals surface area contributed by atoms with E-state index in [9.17, 15) is 9.36 Å². The van der Waals surface area contributed by atoms with Crippen LogP contribution in [0.2, 0.25) is 0 Å². The number of hydrogen-bond donors (Lipinski definition) is 0. The molecular weight excluding hydrogens is 327 g/mol. The van der Waals surface area contributed by atoms with Crippen molar-refractivity contribution in [2.24, 2.45) is 11.8 Å². The van der Waals surface area contributed by atoms with Crippen LogP contribution in [0.5, 0.6) is 0 Å². The lowest BCUT2D eigenvalue weighted by atomic mass is 9.88. The van der Waals surface area contributed by atoms with E-state index in [2.05, 4.69) is 13.8 Å². The summed E-state index contributed by atoms with van der Waals surface area (Å²) < 4.78 is 14.1. The second kappa shape index (κ2) is 7.54. The predicted molar refractivity (Wildman–Crippen MR) is 105 cm³/mol. The number of Topliss-reactive ketones (excluding diaryl/α,β-unsaturated/α-hetero) is 1. The molecule has 1 saturated carbocycles. The quantitative estimate of drug-likeness (QED) is 0.717. The minimum atomic E-state index is -2.84. The van der Waals surface area contributed by atoms with Crippen molar-refractivity contribution in [3.63, 3.8) is 0 Å². The van der Waals surface area contributed by atoms with E-state index in [1.165, 1.54) is 0 Å². The number of carbonyl (C=O) groups is 1. The van der Waals surface area contributed by atoms with Crippen LogP contribution in [0.3, 0.4) is 0 Å². The lowest BCUT2D eigenvalue weighted by molar-refractivity contribution is -0.117. The van der Waals surface area contributed by atoms with Gasteiger partial charge in [-0.25, -0.2) is 0 Å². The first-order chi connectivity index (χ1) is 12.0. The van der Waals surface area contributed by atoms with Gasteiger partial charge in [-0.3, -0.25) is 4.79 Å². The van der Waals surface area contributed by atoms with Gasteiger partial charge in [0.25, 0.3) is 0 Å². The molecule has 0 N–H and O–H groups in total. The van der Waals surface area contributed by atoms with Crippen molar-refractivity contribution in [2.75, 3.05) is 0 Å². The van der Waals surface area contributed by atoms with Crippen molar-refractivity contribution in [1.82, 2.24) is 0 Å². The van der Waals surface area contributed by atoms with Crippen LogP contribution in [0.1, 0.15) is 33.1 Å². The van der Waals surface area contributed by atoms with Crippen molar-refractivity contribution in [1.29, 1.82) is 0 Å². The molecule has 0 bridgehead atoms. The van der Waals surface area contributed by atoms with Crippen LogP contribution in [0, 0.1) is 11.8 Å². The van der Waals surface area contributed by atoms with Gasteiger partial charge in [-0.2, -0.15) is 0 Å². The van der Waals surface area contributed by atoms with Crippen molar-refractivity contribution in [2.45, 2.75) is 33.1 Å². The summed E-state index contributed by atoms with van der Waals surface area (Å²) in [6.45, 7) is 4.22. The molecule has 0 unspecified atom stereocenters. The highest BCUT2D eigenvalue weighted by Crippen LogP contribution is 2.47. The van der Waals surface area contributed by atoms with E-state index in [0.717, 1.165) is 22.6 Å². The predicted octanol–water partition coefficient (Wildman–Crippen LogP) is 4.91. The second-order valence-corrected chi connectivity index (χ2v) is 9.64. The number of benzene rings is 2. The maximum Gasteiger partial charge on any atom is 0.164 e. The number of hydrogen-bond acceptors (Lipinski definition) is 2. The molecular formula is C22H25O2P. The van der Waals surface area contributed by atoms with Crippen LogP contribution in [0.15, 0.2) is 72.1 Å². The molecule has 0 saturated heterocycles. The fraction of sp³-hybridized carbons (Fsp3) is 0.318. The summed E-state index contributed by atoms with van der Waals surface area (Å²) in [4.78, 5) is 11.6. The molecule has 2 atom stereocenters. The van der Waals surface area contributed by atoms with Gasteiger partial charge in [0.2, 0.25) is 0 Å². The van der Waals surface area contributed by atoms with Gasteiger partial charge in [-0.05, 0) is 31.0 Å². The molecule has 0 spiro atoms. The Morgan fingerprint density at radius 2 is 1.56 bits per heavy atom. The summed E-state index contributed by atoms with van der Waals surface area (Å²) in [5.74, 6) is 2.99. The third-order valence-electron chi connectivity index (χ3n) is 5.37. The van der Waals surface area contributed by atoms with Crippen molar-refractivity contribution in [3.8, 4) is 0 Å². The molecule has 2 aromatic carbocycles. The Morgan fingerprint density at radius 1 is 1.04 bits per heavy atom. The van der Waals surface area contributed by atoms with Crippen molar-refractivity contribution < 1.29 is 9.36 Å². The zero-order valence-corrected chi connectivity index (χ0v) is 15.8. The number of carbonyl (C=O) groups excluding carboxylic acids is 1. The first-order valence-corrected chi connectivity index (χ1v) is 10.7. The molecule has 0 amide bonds. The standard InChI is InChI=1S/C22H25O2P/c1-17(18(2)19-13-14-20(23)15-19)16-25(24,21-9-5-3-6-10-21)22-11-7-4-8-12-22/h3-12,16,18-19H,13-15H2,1-2H3/b17-16+/t18-,19-/m0/s1. The van der Waals surface area contributed by atoms with E-state index in [1.54, 1.807) is 0 Å². The van der Waals surface area contributed by atoms with Crippen LogP contribution < -0.4 is 10.6 Å². The highest BCUT2D eigenvalue weighted by Gasteiger charge is 2.30. The fourth-order valence-electron chi connectivity index (χ4n) is 3.64. The van der Waals surface area contributed by atoms with Gasteiger partial charge >= 0.3 is 0 Å². The highest BCUT2D eigenvalue weighted by molar-refractivity contribution is 7.81. The molecule has 0 aliphatic heterocycles. The molecule has 2 nitrogen and oxygen atoms in total. The van der Waals surface area contributed by atoms with E-state index in [0.29, 0.717) is 24.5 Å². The fourth-order valence-corrected chi connectivity index (χ4v) is 6.28. The number of rotatable bonds is 5. The zero-order chi connectivity index (χ0) is 17.9.